The van der Waals surface area contributed by atoms with Crippen LogP contribution in [0.5, 0.6) is 0 Å². The first-order valence-electron chi connectivity index (χ1n) is 7.15. The molecule has 6 nitrogen and oxygen atoms in total. The first-order valence-corrected chi connectivity index (χ1v) is 8.23. The summed E-state index contributed by atoms with van der Waals surface area (Å²) in [4.78, 5) is 34.4. The van der Waals surface area contributed by atoms with Gasteiger partial charge < -0.3 is 16.4 Å². The van der Waals surface area contributed by atoms with Crippen LogP contribution in [-0.2, 0) is 11.3 Å². The van der Waals surface area contributed by atoms with E-state index in [1.54, 1.807) is 36.4 Å². The molecule has 2 aromatic carbocycles. The Labute approximate surface area is 152 Å². The maximum Gasteiger partial charge on any atom is 0.251 e. The van der Waals surface area contributed by atoms with Crippen molar-refractivity contribution in [1.82, 2.24) is 10.6 Å². The number of halogens is 1. The number of primary amides is 1. The van der Waals surface area contributed by atoms with Crippen molar-refractivity contribution in [3.05, 3.63) is 68.8 Å². The van der Waals surface area contributed by atoms with Gasteiger partial charge in [-0.25, -0.2) is 0 Å². The van der Waals surface area contributed by atoms with E-state index in [0.29, 0.717) is 17.7 Å². The maximum absolute atomic E-state index is 12.0. The number of hydrogen-bond acceptors (Lipinski definition) is 3. The molecule has 2 rings (SSSR count). The van der Waals surface area contributed by atoms with E-state index >= 15 is 0 Å². The summed E-state index contributed by atoms with van der Waals surface area (Å²) < 4.78 is 1.06. The van der Waals surface area contributed by atoms with Gasteiger partial charge in [-0.05, 0) is 64.6 Å². The van der Waals surface area contributed by atoms with E-state index in [-0.39, 0.29) is 18.4 Å². The molecule has 0 unspecified atom stereocenters. The van der Waals surface area contributed by atoms with Crippen LogP contribution in [0.25, 0.3) is 0 Å². The van der Waals surface area contributed by atoms with Gasteiger partial charge in [-0.1, -0.05) is 12.1 Å². The average Bonchev–Trinajstić information content (AvgIpc) is 2.58. The van der Waals surface area contributed by atoms with E-state index in [0.717, 1.165) is 9.13 Å². The summed E-state index contributed by atoms with van der Waals surface area (Å²) in [5, 5.41) is 5.23. The zero-order chi connectivity index (χ0) is 17.5. The molecule has 0 saturated heterocycles. The highest BCUT2D eigenvalue weighted by molar-refractivity contribution is 14.1. The van der Waals surface area contributed by atoms with Crippen LogP contribution in [0.15, 0.2) is 48.5 Å². The second kappa shape index (κ2) is 8.44. The van der Waals surface area contributed by atoms with Gasteiger partial charge in [0, 0.05) is 21.2 Å². The molecule has 7 heteroatoms. The van der Waals surface area contributed by atoms with Gasteiger partial charge in [0.2, 0.25) is 5.91 Å². The molecular formula is C17H16IN3O3. The lowest BCUT2D eigenvalue weighted by Gasteiger charge is -2.07. The van der Waals surface area contributed by atoms with E-state index in [1.807, 2.05) is 12.1 Å². The van der Waals surface area contributed by atoms with Crippen molar-refractivity contribution < 1.29 is 14.4 Å². The molecule has 0 aliphatic rings. The summed E-state index contributed by atoms with van der Waals surface area (Å²) in [5.74, 6) is -1.13. The Hall–Kier alpha value is -2.42. The second-order valence-electron chi connectivity index (χ2n) is 5.04. The summed E-state index contributed by atoms with van der Waals surface area (Å²) in [6, 6.07) is 14.0. The lowest BCUT2D eigenvalue weighted by Crippen LogP contribution is -2.33. The normalized spacial score (nSPS) is 10.0. The summed E-state index contributed by atoms with van der Waals surface area (Å²) in [6.07, 6.45) is 0. The Morgan fingerprint density at radius 2 is 1.33 bits per heavy atom. The Balaban J connectivity index is 1.89. The van der Waals surface area contributed by atoms with E-state index in [2.05, 4.69) is 33.2 Å². The number of hydrogen-bond donors (Lipinski definition) is 3. The quantitative estimate of drug-likeness (QED) is 0.597. The summed E-state index contributed by atoms with van der Waals surface area (Å²) in [5.41, 5.74) is 6.85. The molecular weight excluding hydrogens is 421 g/mol. The molecule has 2 aromatic rings. The van der Waals surface area contributed by atoms with Crippen LogP contribution in [0.4, 0.5) is 0 Å². The van der Waals surface area contributed by atoms with Gasteiger partial charge in [-0.3, -0.25) is 14.4 Å². The van der Waals surface area contributed by atoms with Crippen LogP contribution in [-0.4, -0.2) is 24.3 Å². The molecule has 0 fully saturated rings. The zero-order valence-electron chi connectivity index (χ0n) is 12.7. The van der Waals surface area contributed by atoms with E-state index in [9.17, 15) is 14.4 Å². The first kappa shape index (κ1) is 17.9. The van der Waals surface area contributed by atoms with Crippen molar-refractivity contribution in [3.8, 4) is 0 Å². The Morgan fingerprint density at radius 1 is 0.833 bits per heavy atom. The van der Waals surface area contributed by atoms with Gasteiger partial charge in [-0.2, -0.15) is 0 Å². The standard InChI is InChI=1S/C17H16IN3O3/c18-14-7-5-13(6-8-14)16(23)20-9-11-1-3-12(4-2-11)17(24)21-10-15(19)22/h1-8H,9-10H2,(H2,19,22)(H,20,23)(H,21,24). The molecule has 124 valence electrons. The zero-order valence-corrected chi connectivity index (χ0v) is 14.9. The fourth-order valence-corrected chi connectivity index (χ4v) is 2.29. The number of carbonyl (C=O) groups is 3. The average molecular weight is 437 g/mol. The third kappa shape index (κ3) is 5.34. The van der Waals surface area contributed by atoms with Gasteiger partial charge >= 0.3 is 0 Å². The van der Waals surface area contributed by atoms with Gasteiger partial charge in [0.25, 0.3) is 11.8 Å². The van der Waals surface area contributed by atoms with Crippen molar-refractivity contribution in [1.29, 1.82) is 0 Å². The minimum Gasteiger partial charge on any atom is -0.368 e. The molecule has 0 saturated carbocycles. The molecule has 0 heterocycles. The topological polar surface area (TPSA) is 101 Å². The lowest BCUT2D eigenvalue weighted by atomic mass is 10.1. The number of nitrogens with one attached hydrogen (secondary N) is 2. The van der Waals surface area contributed by atoms with Gasteiger partial charge in [0.1, 0.15) is 0 Å². The SMILES string of the molecule is NC(=O)CNC(=O)c1ccc(CNC(=O)c2ccc(I)cc2)cc1. The molecule has 0 spiro atoms. The molecule has 4 N–H and O–H groups in total. The predicted molar refractivity (Wildman–Crippen MR) is 98.3 cm³/mol. The van der Waals surface area contributed by atoms with Crippen LogP contribution >= 0.6 is 22.6 Å². The summed E-state index contributed by atoms with van der Waals surface area (Å²) in [6.45, 7) is 0.153. The minimum atomic E-state index is -0.599. The Bertz CT molecular complexity index is 743. The highest BCUT2D eigenvalue weighted by Crippen LogP contribution is 2.08. The third-order valence-corrected chi connectivity index (χ3v) is 3.92. The van der Waals surface area contributed by atoms with Gasteiger partial charge in [0.05, 0.1) is 6.54 Å². The van der Waals surface area contributed by atoms with Gasteiger partial charge in [0.15, 0.2) is 0 Å². The van der Waals surface area contributed by atoms with Crippen molar-refractivity contribution in [2.24, 2.45) is 5.73 Å². The Morgan fingerprint density at radius 3 is 1.88 bits per heavy atom. The maximum atomic E-state index is 12.0. The molecule has 0 aliphatic carbocycles. The van der Waals surface area contributed by atoms with Crippen molar-refractivity contribution in [2.75, 3.05) is 6.54 Å². The number of carbonyl (C=O) groups excluding carboxylic acids is 3. The number of rotatable bonds is 6. The van der Waals surface area contributed by atoms with Gasteiger partial charge in [-0.15, -0.1) is 0 Å². The molecule has 0 radical (unpaired) electrons. The van der Waals surface area contributed by atoms with Crippen molar-refractivity contribution in [2.45, 2.75) is 6.54 Å². The van der Waals surface area contributed by atoms with Crippen molar-refractivity contribution in [3.63, 3.8) is 0 Å². The lowest BCUT2D eigenvalue weighted by molar-refractivity contribution is -0.117. The number of nitrogens with two attached hydrogens (primary N) is 1. The summed E-state index contributed by atoms with van der Waals surface area (Å²) in [7, 11) is 0. The monoisotopic (exact) mass is 437 g/mol. The van der Waals surface area contributed by atoms with E-state index in [1.165, 1.54) is 0 Å². The molecule has 0 aromatic heterocycles. The predicted octanol–water partition coefficient (Wildman–Crippen LogP) is 1.44. The largest absolute Gasteiger partial charge is 0.368 e. The summed E-state index contributed by atoms with van der Waals surface area (Å²) >= 11 is 2.18. The van der Waals surface area contributed by atoms with Crippen LogP contribution < -0.4 is 16.4 Å². The number of amides is 3. The fourth-order valence-electron chi connectivity index (χ4n) is 1.93. The smallest absolute Gasteiger partial charge is 0.251 e. The first-order chi connectivity index (χ1) is 11.5. The molecule has 0 aliphatic heterocycles. The van der Waals surface area contributed by atoms with Crippen LogP contribution in [0.2, 0.25) is 0 Å². The number of benzene rings is 2. The van der Waals surface area contributed by atoms with Crippen LogP contribution in [0.1, 0.15) is 26.3 Å². The Kier molecular flexibility index (Phi) is 6.30. The van der Waals surface area contributed by atoms with E-state index in [4.69, 9.17) is 5.73 Å². The molecule has 3 amide bonds. The van der Waals surface area contributed by atoms with Crippen LogP contribution in [0, 0.1) is 3.57 Å². The van der Waals surface area contributed by atoms with E-state index < -0.39 is 5.91 Å². The highest BCUT2D eigenvalue weighted by atomic mass is 127. The fraction of sp³-hybridized carbons (Fsp3) is 0.118. The van der Waals surface area contributed by atoms with Crippen LogP contribution in [0.3, 0.4) is 0 Å². The molecule has 0 atom stereocenters. The highest BCUT2D eigenvalue weighted by Gasteiger charge is 2.07. The van der Waals surface area contributed by atoms with Crippen molar-refractivity contribution >= 4 is 40.3 Å². The third-order valence-electron chi connectivity index (χ3n) is 3.20. The molecule has 0 bridgehead atoms. The minimum absolute atomic E-state index is 0.158. The second-order valence-corrected chi connectivity index (χ2v) is 6.28. The molecule has 24 heavy (non-hydrogen) atoms.